The van der Waals surface area contributed by atoms with Crippen molar-refractivity contribution in [2.75, 3.05) is 26.4 Å². The molecule has 1 fully saturated rings. The minimum atomic E-state index is -0.343. The molecule has 4 nitrogen and oxygen atoms in total. The van der Waals surface area contributed by atoms with Gasteiger partial charge in [0.1, 0.15) is 5.54 Å². The first kappa shape index (κ1) is 15.4. The van der Waals surface area contributed by atoms with Crippen LogP contribution in [0.25, 0.3) is 0 Å². The Morgan fingerprint density at radius 1 is 1.22 bits per heavy atom. The van der Waals surface area contributed by atoms with E-state index in [0.29, 0.717) is 25.9 Å². The Bertz CT molecular complexity index is 261. The molecule has 0 heterocycles. The van der Waals surface area contributed by atoms with Gasteiger partial charge in [0.25, 0.3) is 0 Å². The number of nitrogens with zero attached hydrogens (tertiary/aromatic N) is 1. The summed E-state index contributed by atoms with van der Waals surface area (Å²) >= 11 is 0. The molecule has 1 atom stereocenters. The van der Waals surface area contributed by atoms with E-state index in [-0.39, 0.29) is 5.54 Å². The van der Waals surface area contributed by atoms with Crippen LogP contribution in [0.5, 0.6) is 0 Å². The van der Waals surface area contributed by atoms with Gasteiger partial charge < -0.3 is 9.47 Å². The van der Waals surface area contributed by atoms with Crippen molar-refractivity contribution in [3.63, 3.8) is 0 Å². The lowest BCUT2D eigenvalue weighted by Crippen LogP contribution is -2.44. The number of hydrogen-bond acceptors (Lipinski definition) is 4. The van der Waals surface area contributed by atoms with Crippen LogP contribution < -0.4 is 5.32 Å². The fourth-order valence-corrected chi connectivity index (χ4v) is 1.98. The molecule has 0 radical (unpaired) electrons. The summed E-state index contributed by atoms with van der Waals surface area (Å²) in [5.41, 5.74) is -0.343. The van der Waals surface area contributed by atoms with E-state index in [1.165, 1.54) is 12.8 Å². The van der Waals surface area contributed by atoms with Gasteiger partial charge in [-0.15, -0.1) is 0 Å². The summed E-state index contributed by atoms with van der Waals surface area (Å²) in [4.78, 5) is 0. The second-order valence-corrected chi connectivity index (χ2v) is 4.88. The van der Waals surface area contributed by atoms with Crippen molar-refractivity contribution in [3.8, 4) is 6.07 Å². The predicted molar refractivity (Wildman–Crippen MR) is 71.3 cm³/mol. The summed E-state index contributed by atoms with van der Waals surface area (Å²) in [6.45, 7) is 6.81. The zero-order valence-corrected chi connectivity index (χ0v) is 11.7. The zero-order valence-electron chi connectivity index (χ0n) is 11.7. The zero-order chi connectivity index (χ0) is 13.3. The van der Waals surface area contributed by atoms with E-state index in [0.717, 1.165) is 25.9 Å². The molecule has 0 bridgehead atoms. The monoisotopic (exact) mass is 254 g/mol. The smallest absolute Gasteiger partial charge is 0.106 e. The predicted octanol–water partition coefficient (Wildman–Crippen LogP) is 2.24. The van der Waals surface area contributed by atoms with Crippen molar-refractivity contribution >= 4 is 0 Å². The molecule has 1 rings (SSSR count). The third-order valence-electron chi connectivity index (χ3n) is 3.34. The van der Waals surface area contributed by atoms with Crippen LogP contribution in [0.15, 0.2) is 0 Å². The maximum atomic E-state index is 9.35. The molecule has 104 valence electrons. The van der Waals surface area contributed by atoms with Crippen LogP contribution in [0.4, 0.5) is 0 Å². The van der Waals surface area contributed by atoms with Gasteiger partial charge in [0.15, 0.2) is 0 Å². The number of hydrogen-bond donors (Lipinski definition) is 1. The molecule has 0 saturated heterocycles. The lowest BCUT2D eigenvalue weighted by atomic mass is 9.92. The molecule has 18 heavy (non-hydrogen) atoms. The van der Waals surface area contributed by atoms with Crippen molar-refractivity contribution in [1.82, 2.24) is 5.32 Å². The standard InChI is InChI=1S/C14H26N2O2/c1-3-14(12-15,16-13-6-7-13)8-5-9-18-11-10-17-4-2/h13,16H,3-11H2,1-2H3. The first-order valence-electron chi connectivity index (χ1n) is 7.10. The number of nitrogens with one attached hydrogen (secondary N) is 1. The molecule has 4 heteroatoms. The molecular weight excluding hydrogens is 228 g/mol. The van der Waals surface area contributed by atoms with E-state index >= 15 is 0 Å². The average Bonchev–Trinajstić information content (AvgIpc) is 3.20. The molecule has 1 N–H and O–H groups in total. The van der Waals surface area contributed by atoms with Gasteiger partial charge in [-0.05, 0) is 39.0 Å². The van der Waals surface area contributed by atoms with E-state index in [2.05, 4.69) is 18.3 Å². The van der Waals surface area contributed by atoms with Crippen molar-refractivity contribution in [2.45, 2.75) is 57.5 Å². The van der Waals surface area contributed by atoms with E-state index < -0.39 is 0 Å². The van der Waals surface area contributed by atoms with Crippen LogP contribution >= 0.6 is 0 Å². The van der Waals surface area contributed by atoms with Crippen molar-refractivity contribution < 1.29 is 9.47 Å². The van der Waals surface area contributed by atoms with Crippen molar-refractivity contribution in [3.05, 3.63) is 0 Å². The molecular formula is C14H26N2O2. The first-order valence-corrected chi connectivity index (χ1v) is 7.10. The first-order chi connectivity index (χ1) is 8.76. The number of ether oxygens (including phenoxy) is 2. The second-order valence-electron chi connectivity index (χ2n) is 4.88. The fourth-order valence-electron chi connectivity index (χ4n) is 1.98. The summed E-state index contributed by atoms with van der Waals surface area (Å²) in [5.74, 6) is 0. The van der Waals surface area contributed by atoms with Gasteiger partial charge in [-0.2, -0.15) is 5.26 Å². The minimum Gasteiger partial charge on any atom is -0.379 e. The summed E-state index contributed by atoms with van der Waals surface area (Å²) in [6.07, 6.45) is 5.08. The van der Waals surface area contributed by atoms with E-state index in [1.54, 1.807) is 0 Å². The Morgan fingerprint density at radius 2 is 1.94 bits per heavy atom. The number of nitriles is 1. The average molecular weight is 254 g/mol. The molecule has 1 aliphatic carbocycles. The fraction of sp³-hybridized carbons (Fsp3) is 0.929. The lowest BCUT2D eigenvalue weighted by Gasteiger charge is -2.26. The quantitative estimate of drug-likeness (QED) is 0.575. The minimum absolute atomic E-state index is 0.343. The number of rotatable bonds is 11. The Hall–Kier alpha value is -0.630. The van der Waals surface area contributed by atoms with Crippen molar-refractivity contribution in [1.29, 1.82) is 5.26 Å². The van der Waals surface area contributed by atoms with Gasteiger partial charge in [0.2, 0.25) is 0 Å². The van der Waals surface area contributed by atoms with Gasteiger partial charge in [-0.3, -0.25) is 5.32 Å². The molecule has 1 saturated carbocycles. The normalized spacial score (nSPS) is 18.3. The van der Waals surface area contributed by atoms with E-state index in [1.807, 2.05) is 6.92 Å². The van der Waals surface area contributed by atoms with Gasteiger partial charge >= 0.3 is 0 Å². The summed E-state index contributed by atoms with van der Waals surface area (Å²) < 4.78 is 10.7. The summed E-state index contributed by atoms with van der Waals surface area (Å²) in [7, 11) is 0. The van der Waals surface area contributed by atoms with Crippen LogP contribution in [0.1, 0.15) is 46.0 Å². The van der Waals surface area contributed by atoms with Gasteiger partial charge in [0, 0.05) is 19.3 Å². The summed E-state index contributed by atoms with van der Waals surface area (Å²) in [5, 5.41) is 12.8. The van der Waals surface area contributed by atoms with Gasteiger partial charge in [0.05, 0.1) is 19.3 Å². The Labute approximate surface area is 111 Å². The van der Waals surface area contributed by atoms with Crippen LogP contribution in [-0.4, -0.2) is 38.0 Å². The molecule has 0 aliphatic heterocycles. The lowest BCUT2D eigenvalue weighted by molar-refractivity contribution is 0.0498. The Morgan fingerprint density at radius 3 is 2.50 bits per heavy atom. The Balaban J connectivity index is 2.11. The highest BCUT2D eigenvalue weighted by molar-refractivity contribution is 5.09. The highest BCUT2D eigenvalue weighted by atomic mass is 16.5. The molecule has 1 aliphatic rings. The third-order valence-corrected chi connectivity index (χ3v) is 3.34. The van der Waals surface area contributed by atoms with Crippen LogP contribution in [-0.2, 0) is 9.47 Å². The third kappa shape index (κ3) is 5.81. The van der Waals surface area contributed by atoms with E-state index in [9.17, 15) is 5.26 Å². The summed E-state index contributed by atoms with van der Waals surface area (Å²) in [6, 6.07) is 3.03. The van der Waals surface area contributed by atoms with Crippen molar-refractivity contribution in [2.24, 2.45) is 0 Å². The maximum absolute atomic E-state index is 9.35. The SMILES string of the molecule is CCOCCOCCCC(C#N)(CC)NC1CC1. The molecule has 0 aromatic carbocycles. The highest BCUT2D eigenvalue weighted by Gasteiger charge is 2.34. The van der Waals surface area contributed by atoms with Crippen LogP contribution in [0, 0.1) is 11.3 Å². The molecule has 0 aromatic heterocycles. The van der Waals surface area contributed by atoms with Gasteiger partial charge in [-0.1, -0.05) is 6.92 Å². The second kappa shape index (κ2) is 8.47. The molecule has 1 unspecified atom stereocenters. The molecule has 0 amide bonds. The largest absolute Gasteiger partial charge is 0.379 e. The molecule has 0 aromatic rings. The van der Waals surface area contributed by atoms with Gasteiger partial charge in [-0.25, -0.2) is 0 Å². The maximum Gasteiger partial charge on any atom is 0.106 e. The van der Waals surface area contributed by atoms with E-state index in [4.69, 9.17) is 9.47 Å². The highest BCUT2D eigenvalue weighted by Crippen LogP contribution is 2.26. The van der Waals surface area contributed by atoms with Crippen LogP contribution in [0.2, 0.25) is 0 Å². The Kier molecular flexibility index (Phi) is 7.26. The topological polar surface area (TPSA) is 54.3 Å². The van der Waals surface area contributed by atoms with Crippen LogP contribution in [0.3, 0.4) is 0 Å². The molecule has 0 spiro atoms.